The Bertz CT molecular complexity index is 461. The molecule has 0 bridgehead atoms. The second-order valence-electron chi connectivity index (χ2n) is 5.47. The second kappa shape index (κ2) is 6.75. The van der Waals surface area contributed by atoms with Gasteiger partial charge >= 0.3 is 0 Å². The number of aliphatic hydroxyl groups excluding tert-OH is 1. The molecule has 1 aliphatic rings. The number of piperidine rings is 1. The highest BCUT2D eigenvalue weighted by molar-refractivity contribution is 5.73. The van der Waals surface area contributed by atoms with Crippen LogP contribution in [0.15, 0.2) is 24.3 Å². The third-order valence-electron chi connectivity index (χ3n) is 3.81. The lowest BCUT2D eigenvalue weighted by atomic mass is 9.97. The van der Waals surface area contributed by atoms with Crippen LogP contribution >= 0.6 is 0 Å². The van der Waals surface area contributed by atoms with Crippen molar-refractivity contribution in [1.82, 2.24) is 4.90 Å². The molecule has 2 rings (SSSR count). The van der Waals surface area contributed by atoms with E-state index in [1.54, 1.807) is 11.8 Å². The summed E-state index contributed by atoms with van der Waals surface area (Å²) in [5.74, 6) is 0.790. The minimum atomic E-state index is -0.639. The lowest BCUT2D eigenvalue weighted by Gasteiger charge is -2.37. The average molecular weight is 277 g/mol. The van der Waals surface area contributed by atoms with Crippen LogP contribution in [0.25, 0.3) is 0 Å². The summed E-state index contributed by atoms with van der Waals surface area (Å²) in [4.78, 5) is 13.4. The van der Waals surface area contributed by atoms with Gasteiger partial charge in [0.2, 0.25) is 5.91 Å². The average Bonchev–Trinajstić information content (AvgIpc) is 2.45. The zero-order valence-electron chi connectivity index (χ0n) is 12.2. The predicted octanol–water partition coefficient (Wildman–Crippen LogP) is 2.14. The number of hydrogen-bond acceptors (Lipinski definition) is 3. The fourth-order valence-electron chi connectivity index (χ4n) is 2.75. The van der Waals surface area contributed by atoms with Crippen LogP contribution in [0.2, 0.25) is 0 Å². The highest BCUT2D eigenvalue weighted by atomic mass is 16.5. The molecular formula is C16H23NO3. The number of hydrogen-bond donors (Lipinski definition) is 1. The molecule has 110 valence electrons. The monoisotopic (exact) mass is 277 g/mol. The van der Waals surface area contributed by atoms with Crippen molar-refractivity contribution < 1.29 is 14.6 Å². The van der Waals surface area contributed by atoms with Crippen molar-refractivity contribution in [2.45, 2.75) is 45.3 Å². The maximum Gasteiger partial charge on any atom is 0.219 e. The van der Waals surface area contributed by atoms with Crippen LogP contribution in [0.4, 0.5) is 0 Å². The summed E-state index contributed by atoms with van der Waals surface area (Å²) in [5, 5.41) is 10.3. The topological polar surface area (TPSA) is 49.8 Å². The first-order chi connectivity index (χ1) is 9.58. The number of amides is 1. The summed E-state index contributed by atoms with van der Waals surface area (Å²) in [6.45, 7) is 4.52. The first-order valence-electron chi connectivity index (χ1n) is 7.22. The number of nitrogens with zero attached hydrogens (tertiary/aromatic N) is 1. The van der Waals surface area contributed by atoms with E-state index < -0.39 is 6.10 Å². The number of rotatable bonds is 4. The molecular weight excluding hydrogens is 254 g/mol. The molecule has 1 N–H and O–H groups in total. The molecule has 1 saturated heterocycles. The van der Waals surface area contributed by atoms with Gasteiger partial charge in [0, 0.05) is 13.5 Å². The molecule has 0 aliphatic carbocycles. The highest BCUT2D eigenvalue weighted by Gasteiger charge is 2.30. The summed E-state index contributed by atoms with van der Waals surface area (Å²) < 4.78 is 5.64. The zero-order chi connectivity index (χ0) is 14.5. The first-order valence-corrected chi connectivity index (χ1v) is 7.22. The molecule has 2 atom stereocenters. The van der Waals surface area contributed by atoms with Crippen molar-refractivity contribution in [2.75, 3.05) is 13.2 Å². The Hall–Kier alpha value is -1.55. The number of likely N-dealkylation sites (tertiary alicyclic amines) is 1. The van der Waals surface area contributed by atoms with Crippen LogP contribution in [0.5, 0.6) is 5.75 Å². The van der Waals surface area contributed by atoms with E-state index in [0.717, 1.165) is 37.1 Å². The van der Waals surface area contributed by atoms with Gasteiger partial charge in [0.1, 0.15) is 18.5 Å². The van der Waals surface area contributed by atoms with E-state index in [1.165, 1.54) is 0 Å². The van der Waals surface area contributed by atoms with Crippen molar-refractivity contribution in [3.63, 3.8) is 0 Å². The van der Waals surface area contributed by atoms with Crippen LogP contribution in [-0.2, 0) is 4.79 Å². The van der Waals surface area contributed by atoms with Gasteiger partial charge in [-0.15, -0.1) is 0 Å². The predicted molar refractivity (Wildman–Crippen MR) is 77.7 cm³/mol. The van der Waals surface area contributed by atoms with E-state index in [1.807, 2.05) is 31.2 Å². The summed E-state index contributed by atoms with van der Waals surface area (Å²) in [5.41, 5.74) is 1.13. The Balaban J connectivity index is 1.93. The third-order valence-corrected chi connectivity index (χ3v) is 3.81. The first kappa shape index (κ1) is 14.9. The lowest BCUT2D eigenvalue weighted by Crippen LogP contribution is -2.50. The minimum Gasteiger partial charge on any atom is -0.491 e. The molecule has 0 saturated carbocycles. The van der Waals surface area contributed by atoms with Crippen molar-refractivity contribution in [3.05, 3.63) is 29.8 Å². The van der Waals surface area contributed by atoms with Gasteiger partial charge in [0.15, 0.2) is 0 Å². The van der Waals surface area contributed by atoms with E-state index >= 15 is 0 Å². The van der Waals surface area contributed by atoms with Crippen LogP contribution in [0.3, 0.4) is 0 Å². The van der Waals surface area contributed by atoms with Gasteiger partial charge in [-0.05, 0) is 43.9 Å². The number of ether oxygens (including phenoxy) is 1. The Labute approximate surface area is 120 Å². The normalized spacial score (nSPS) is 20.6. The maximum atomic E-state index is 11.6. The lowest BCUT2D eigenvalue weighted by molar-refractivity contribution is -0.136. The summed E-state index contributed by atoms with van der Waals surface area (Å²) in [6, 6.07) is 7.63. The van der Waals surface area contributed by atoms with Crippen LogP contribution in [0.1, 0.15) is 31.7 Å². The summed E-state index contributed by atoms with van der Waals surface area (Å²) in [7, 11) is 0. The van der Waals surface area contributed by atoms with E-state index in [0.29, 0.717) is 0 Å². The van der Waals surface area contributed by atoms with Gasteiger partial charge in [-0.2, -0.15) is 0 Å². The molecule has 1 fully saturated rings. The summed E-state index contributed by atoms with van der Waals surface area (Å²) in [6.07, 6.45) is 2.27. The standard InChI is InChI=1S/C16H23NO3/c1-12-6-5-7-14(10-12)20-11-16(19)15-8-3-4-9-17(15)13(2)18/h5-7,10,15-16,19H,3-4,8-9,11H2,1-2H3/t15-,16-/m1/s1. The van der Waals surface area contributed by atoms with Gasteiger partial charge < -0.3 is 14.7 Å². The van der Waals surface area contributed by atoms with E-state index in [2.05, 4.69) is 0 Å². The molecule has 0 aromatic heterocycles. The smallest absolute Gasteiger partial charge is 0.219 e. The Morgan fingerprint density at radius 3 is 3.00 bits per heavy atom. The molecule has 1 heterocycles. The molecule has 0 spiro atoms. The molecule has 0 radical (unpaired) electrons. The fourth-order valence-corrected chi connectivity index (χ4v) is 2.75. The highest BCUT2D eigenvalue weighted by Crippen LogP contribution is 2.21. The third kappa shape index (κ3) is 3.73. The molecule has 1 aromatic rings. The molecule has 1 aromatic carbocycles. The molecule has 1 amide bonds. The van der Waals surface area contributed by atoms with Crippen LogP contribution in [-0.4, -0.2) is 41.2 Å². The second-order valence-corrected chi connectivity index (χ2v) is 5.47. The van der Waals surface area contributed by atoms with Gasteiger partial charge in [-0.25, -0.2) is 0 Å². The van der Waals surface area contributed by atoms with Gasteiger partial charge in [0.25, 0.3) is 0 Å². The van der Waals surface area contributed by atoms with Gasteiger partial charge in [-0.1, -0.05) is 12.1 Å². The van der Waals surface area contributed by atoms with Crippen LogP contribution < -0.4 is 4.74 Å². The zero-order valence-corrected chi connectivity index (χ0v) is 12.2. The Kier molecular flexibility index (Phi) is 5.01. The Morgan fingerprint density at radius 2 is 2.30 bits per heavy atom. The molecule has 0 unspecified atom stereocenters. The van der Waals surface area contributed by atoms with E-state index in [4.69, 9.17) is 4.74 Å². The molecule has 4 heteroatoms. The van der Waals surface area contributed by atoms with E-state index in [9.17, 15) is 9.90 Å². The molecule has 4 nitrogen and oxygen atoms in total. The van der Waals surface area contributed by atoms with Crippen molar-refractivity contribution in [2.24, 2.45) is 0 Å². The summed E-state index contributed by atoms with van der Waals surface area (Å²) >= 11 is 0. The number of aryl methyl sites for hydroxylation is 1. The number of benzene rings is 1. The van der Waals surface area contributed by atoms with Gasteiger partial charge in [0.05, 0.1) is 6.04 Å². The Morgan fingerprint density at radius 1 is 1.50 bits per heavy atom. The molecule has 20 heavy (non-hydrogen) atoms. The SMILES string of the molecule is CC(=O)N1CCCC[C@@H]1[C@H](O)COc1cccc(C)c1. The largest absolute Gasteiger partial charge is 0.491 e. The van der Waals surface area contributed by atoms with Crippen molar-refractivity contribution in [3.8, 4) is 5.75 Å². The number of carbonyl (C=O) groups excluding carboxylic acids is 1. The van der Waals surface area contributed by atoms with Crippen LogP contribution in [0, 0.1) is 6.92 Å². The van der Waals surface area contributed by atoms with Gasteiger partial charge in [-0.3, -0.25) is 4.79 Å². The molecule has 1 aliphatic heterocycles. The fraction of sp³-hybridized carbons (Fsp3) is 0.562. The maximum absolute atomic E-state index is 11.6. The van der Waals surface area contributed by atoms with Crippen molar-refractivity contribution >= 4 is 5.91 Å². The minimum absolute atomic E-state index is 0.0318. The number of aliphatic hydroxyl groups is 1. The number of carbonyl (C=O) groups is 1. The van der Waals surface area contributed by atoms with E-state index in [-0.39, 0.29) is 18.6 Å². The quantitative estimate of drug-likeness (QED) is 0.917. The van der Waals surface area contributed by atoms with Crippen molar-refractivity contribution in [1.29, 1.82) is 0 Å².